The molecule has 0 radical (unpaired) electrons. The second-order valence-corrected chi connectivity index (χ2v) is 7.38. The van der Waals surface area contributed by atoms with Gasteiger partial charge in [0.15, 0.2) is 0 Å². The predicted molar refractivity (Wildman–Crippen MR) is 90.0 cm³/mol. The highest BCUT2D eigenvalue weighted by Crippen LogP contribution is 2.29. The van der Waals surface area contributed by atoms with Gasteiger partial charge in [-0.3, -0.25) is 4.90 Å². The molecule has 2 nitrogen and oxygen atoms in total. The van der Waals surface area contributed by atoms with Crippen LogP contribution < -0.4 is 5.73 Å². The third kappa shape index (κ3) is 6.13. The number of hydrogen-bond donors (Lipinski definition) is 1. The molecule has 0 aliphatic heterocycles. The fraction of sp³-hybridized carbons (Fsp3) is 1.00. The van der Waals surface area contributed by atoms with E-state index < -0.39 is 0 Å². The Bertz CT molecular complexity index is 226. The topological polar surface area (TPSA) is 29.3 Å². The minimum absolute atomic E-state index is 0.267. The van der Waals surface area contributed by atoms with Gasteiger partial charge in [-0.25, -0.2) is 0 Å². The van der Waals surface area contributed by atoms with Crippen LogP contribution in [0.5, 0.6) is 0 Å². The van der Waals surface area contributed by atoms with Crippen molar-refractivity contribution in [3.63, 3.8) is 0 Å². The average molecular weight is 283 g/mol. The summed E-state index contributed by atoms with van der Waals surface area (Å²) in [6, 6.07) is 0. The molecular weight excluding hydrogens is 244 g/mol. The summed E-state index contributed by atoms with van der Waals surface area (Å²) in [4.78, 5) is 2.59. The quantitative estimate of drug-likeness (QED) is 0.818. The normalized spacial score (nSPS) is 22.5. The van der Waals surface area contributed by atoms with Gasteiger partial charge in [-0.1, -0.05) is 71.6 Å². The molecule has 0 aromatic carbocycles. The van der Waals surface area contributed by atoms with Gasteiger partial charge in [0.1, 0.15) is 0 Å². The first-order chi connectivity index (χ1) is 9.60. The van der Waals surface area contributed by atoms with Crippen LogP contribution in [0.25, 0.3) is 0 Å². The molecule has 0 aromatic heterocycles. The highest BCUT2D eigenvalue weighted by Gasteiger charge is 2.32. The van der Waals surface area contributed by atoms with Gasteiger partial charge in [0.05, 0.1) is 0 Å². The van der Waals surface area contributed by atoms with Crippen molar-refractivity contribution in [3.8, 4) is 0 Å². The minimum atomic E-state index is 0.267. The van der Waals surface area contributed by atoms with Crippen molar-refractivity contribution in [2.24, 2.45) is 11.7 Å². The van der Waals surface area contributed by atoms with Gasteiger partial charge >= 0.3 is 0 Å². The summed E-state index contributed by atoms with van der Waals surface area (Å²) in [7, 11) is 2.30. The first-order valence-electron chi connectivity index (χ1n) is 9.02. The van der Waals surface area contributed by atoms with Gasteiger partial charge in [-0.15, -0.1) is 0 Å². The van der Waals surface area contributed by atoms with Crippen LogP contribution in [0.4, 0.5) is 0 Å². The van der Waals surface area contributed by atoms with Crippen molar-refractivity contribution in [1.82, 2.24) is 4.90 Å². The molecule has 0 atom stereocenters. The molecule has 0 amide bonds. The lowest BCUT2D eigenvalue weighted by Gasteiger charge is -2.43. The number of hydrogen-bond acceptors (Lipinski definition) is 2. The molecule has 1 saturated carbocycles. The SMILES string of the molecule is CC(C)CN(C)C1(CN)CCCCCCCCCCC1. The summed E-state index contributed by atoms with van der Waals surface area (Å²) in [5.41, 5.74) is 6.52. The van der Waals surface area contributed by atoms with E-state index in [4.69, 9.17) is 5.73 Å². The van der Waals surface area contributed by atoms with Gasteiger partial charge in [-0.05, 0) is 25.8 Å². The molecule has 0 saturated heterocycles. The summed E-state index contributed by atoms with van der Waals surface area (Å²) in [6.45, 7) is 6.64. The molecule has 0 bridgehead atoms. The Morgan fingerprint density at radius 2 is 1.25 bits per heavy atom. The highest BCUT2D eigenvalue weighted by atomic mass is 15.2. The Morgan fingerprint density at radius 3 is 1.60 bits per heavy atom. The predicted octanol–water partition coefficient (Wildman–Crippen LogP) is 4.58. The van der Waals surface area contributed by atoms with Crippen LogP contribution in [0.1, 0.15) is 84.5 Å². The van der Waals surface area contributed by atoms with E-state index in [2.05, 4.69) is 25.8 Å². The summed E-state index contributed by atoms with van der Waals surface area (Å²) >= 11 is 0. The van der Waals surface area contributed by atoms with Crippen LogP contribution in [0.15, 0.2) is 0 Å². The van der Waals surface area contributed by atoms with E-state index in [1.807, 2.05) is 0 Å². The van der Waals surface area contributed by atoms with Gasteiger partial charge in [0.2, 0.25) is 0 Å². The zero-order valence-corrected chi connectivity index (χ0v) is 14.3. The molecule has 1 rings (SSSR count). The Hall–Kier alpha value is -0.0800. The zero-order chi connectivity index (χ0) is 14.8. The van der Waals surface area contributed by atoms with Crippen molar-refractivity contribution in [2.45, 2.75) is 90.0 Å². The van der Waals surface area contributed by atoms with E-state index in [1.54, 1.807) is 0 Å². The maximum atomic E-state index is 6.25. The van der Waals surface area contributed by atoms with Crippen LogP contribution >= 0.6 is 0 Å². The lowest BCUT2D eigenvalue weighted by Crippen LogP contribution is -2.53. The Kier molecular flexibility index (Phi) is 8.79. The van der Waals surface area contributed by atoms with Crippen molar-refractivity contribution in [3.05, 3.63) is 0 Å². The Balaban J connectivity index is 2.64. The fourth-order valence-electron chi connectivity index (χ4n) is 3.75. The lowest BCUT2D eigenvalue weighted by atomic mass is 9.83. The maximum Gasteiger partial charge on any atom is 0.0328 e. The van der Waals surface area contributed by atoms with Gasteiger partial charge < -0.3 is 5.73 Å². The molecule has 120 valence electrons. The molecule has 1 aliphatic rings. The molecule has 2 heteroatoms. The third-order valence-electron chi connectivity index (χ3n) is 5.11. The second kappa shape index (κ2) is 9.78. The third-order valence-corrected chi connectivity index (χ3v) is 5.11. The number of nitrogens with two attached hydrogens (primary N) is 1. The number of rotatable bonds is 4. The zero-order valence-electron chi connectivity index (χ0n) is 14.3. The van der Waals surface area contributed by atoms with Crippen LogP contribution in [0.2, 0.25) is 0 Å². The summed E-state index contributed by atoms with van der Waals surface area (Å²) < 4.78 is 0. The van der Waals surface area contributed by atoms with Gasteiger partial charge in [0, 0.05) is 18.6 Å². The molecule has 2 N–H and O–H groups in total. The van der Waals surface area contributed by atoms with Crippen molar-refractivity contribution < 1.29 is 0 Å². The first kappa shape index (κ1) is 18.0. The van der Waals surface area contributed by atoms with Gasteiger partial charge in [-0.2, -0.15) is 0 Å². The van der Waals surface area contributed by atoms with E-state index in [-0.39, 0.29) is 5.54 Å². The van der Waals surface area contributed by atoms with Crippen LogP contribution in [0, 0.1) is 5.92 Å². The summed E-state index contributed by atoms with van der Waals surface area (Å²) in [5, 5.41) is 0. The van der Waals surface area contributed by atoms with E-state index in [1.165, 1.54) is 77.2 Å². The van der Waals surface area contributed by atoms with Crippen molar-refractivity contribution in [2.75, 3.05) is 20.1 Å². The average Bonchev–Trinajstić information content (AvgIpc) is 2.39. The standard InChI is InChI=1S/C18H38N2/c1-17(2)15-20(3)18(16-19)13-11-9-7-5-4-6-8-10-12-14-18/h17H,4-16,19H2,1-3H3. The summed E-state index contributed by atoms with van der Waals surface area (Å²) in [6.07, 6.45) is 15.3. The molecule has 20 heavy (non-hydrogen) atoms. The molecule has 0 aromatic rings. The van der Waals surface area contributed by atoms with Crippen molar-refractivity contribution >= 4 is 0 Å². The molecular formula is C18H38N2. The molecule has 1 fully saturated rings. The van der Waals surface area contributed by atoms with Gasteiger partial charge in [0.25, 0.3) is 0 Å². The van der Waals surface area contributed by atoms with Crippen LogP contribution in [-0.2, 0) is 0 Å². The lowest BCUT2D eigenvalue weighted by molar-refractivity contribution is 0.0860. The highest BCUT2D eigenvalue weighted by molar-refractivity contribution is 4.90. The van der Waals surface area contributed by atoms with Crippen molar-refractivity contribution in [1.29, 1.82) is 0 Å². The Morgan fingerprint density at radius 1 is 0.850 bits per heavy atom. The minimum Gasteiger partial charge on any atom is -0.329 e. The molecule has 0 unspecified atom stereocenters. The van der Waals surface area contributed by atoms with E-state index in [9.17, 15) is 0 Å². The first-order valence-corrected chi connectivity index (χ1v) is 9.02. The summed E-state index contributed by atoms with van der Waals surface area (Å²) in [5.74, 6) is 0.727. The number of nitrogens with zero attached hydrogens (tertiary/aromatic N) is 1. The number of likely N-dealkylation sites (N-methyl/N-ethyl adjacent to an activating group) is 1. The Labute approximate surface area is 127 Å². The smallest absolute Gasteiger partial charge is 0.0328 e. The second-order valence-electron chi connectivity index (χ2n) is 7.38. The largest absolute Gasteiger partial charge is 0.329 e. The van der Waals surface area contributed by atoms with Crippen LogP contribution in [-0.4, -0.2) is 30.6 Å². The monoisotopic (exact) mass is 282 g/mol. The molecule has 1 aliphatic carbocycles. The van der Waals surface area contributed by atoms with E-state index >= 15 is 0 Å². The molecule has 0 heterocycles. The van der Waals surface area contributed by atoms with E-state index in [0.717, 1.165) is 12.5 Å². The van der Waals surface area contributed by atoms with Crippen LogP contribution in [0.3, 0.4) is 0 Å². The maximum absolute atomic E-state index is 6.25. The molecule has 0 spiro atoms. The van der Waals surface area contributed by atoms with E-state index in [0.29, 0.717) is 0 Å². The fourth-order valence-corrected chi connectivity index (χ4v) is 3.75.